The molecule has 20 heavy (non-hydrogen) atoms. The van der Waals surface area contributed by atoms with E-state index in [9.17, 15) is 4.39 Å². The molecule has 1 N–H and O–H groups in total. The maximum absolute atomic E-state index is 13.7. The van der Waals surface area contributed by atoms with Gasteiger partial charge in [0.25, 0.3) is 0 Å². The number of rotatable bonds is 3. The summed E-state index contributed by atoms with van der Waals surface area (Å²) in [5.74, 6) is -0.409. The Morgan fingerprint density at radius 1 is 1.05 bits per heavy atom. The first-order valence-corrected chi connectivity index (χ1v) is 7.09. The van der Waals surface area contributed by atoms with E-state index in [0.29, 0.717) is 0 Å². The fourth-order valence-electron chi connectivity index (χ4n) is 2.34. The van der Waals surface area contributed by atoms with E-state index in [4.69, 9.17) is 23.2 Å². The molecule has 2 aromatic rings. The topological polar surface area (TPSA) is 12.0 Å². The Balaban J connectivity index is 2.58. The Kier molecular flexibility index (Phi) is 4.69. The van der Waals surface area contributed by atoms with Crippen LogP contribution in [0, 0.1) is 19.7 Å². The zero-order chi connectivity index (χ0) is 14.9. The van der Waals surface area contributed by atoms with Gasteiger partial charge in [-0.2, -0.15) is 0 Å². The van der Waals surface area contributed by atoms with Gasteiger partial charge in [0.1, 0.15) is 5.82 Å². The van der Waals surface area contributed by atoms with Gasteiger partial charge < -0.3 is 5.32 Å². The molecule has 1 nitrogen and oxygen atoms in total. The lowest BCUT2D eigenvalue weighted by atomic mass is 9.93. The van der Waals surface area contributed by atoms with Gasteiger partial charge in [0.05, 0.1) is 11.1 Å². The smallest absolute Gasteiger partial charge is 0.142 e. The molecule has 0 saturated carbocycles. The Morgan fingerprint density at radius 2 is 1.75 bits per heavy atom. The third-order valence-electron chi connectivity index (χ3n) is 3.44. The van der Waals surface area contributed by atoms with Crippen molar-refractivity contribution in [3.05, 3.63) is 68.4 Å². The van der Waals surface area contributed by atoms with E-state index in [2.05, 4.69) is 5.32 Å². The first kappa shape index (κ1) is 15.3. The van der Waals surface area contributed by atoms with Gasteiger partial charge in [-0.05, 0) is 55.3 Å². The number of nitrogens with one attached hydrogen (secondary N) is 1. The van der Waals surface area contributed by atoms with Gasteiger partial charge in [-0.15, -0.1) is 0 Å². The average molecular weight is 312 g/mol. The van der Waals surface area contributed by atoms with Crippen LogP contribution in [0.4, 0.5) is 4.39 Å². The molecule has 106 valence electrons. The van der Waals surface area contributed by atoms with Gasteiger partial charge in [0, 0.05) is 5.02 Å². The van der Waals surface area contributed by atoms with Crippen molar-refractivity contribution in [2.24, 2.45) is 0 Å². The molecule has 0 bridgehead atoms. The summed E-state index contributed by atoms with van der Waals surface area (Å²) >= 11 is 12.2. The van der Waals surface area contributed by atoms with Crippen LogP contribution < -0.4 is 5.32 Å². The van der Waals surface area contributed by atoms with Crippen molar-refractivity contribution in [2.45, 2.75) is 19.9 Å². The summed E-state index contributed by atoms with van der Waals surface area (Å²) in [6, 6.07) is 8.62. The Morgan fingerprint density at radius 3 is 2.40 bits per heavy atom. The van der Waals surface area contributed by atoms with Crippen molar-refractivity contribution < 1.29 is 4.39 Å². The molecule has 0 amide bonds. The Bertz CT molecular complexity index is 641. The van der Waals surface area contributed by atoms with Crippen LogP contribution in [0.1, 0.15) is 28.3 Å². The molecular weight excluding hydrogens is 296 g/mol. The zero-order valence-corrected chi connectivity index (χ0v) is 13.1. The van der Waals surface area contributed by atoms with E-state index in [-0.39, 0.29) is 11.1 Å². The molecule has 1 unspecified atom stereocenters. The summed E-state index contributed by atoms with van der Waals surface area (Å²) in [5.41, 5.74) is 3.79. The highest BCUT2D eigenvalue weighted by molar-refractivity contribution is 6.32. The van der Waals surface area contributed by atoms with E-state index in [1.54, 1.807) is 6.07 Å². The first-order valence-electron chi connectivity index (χ1n) is 6.33. The molecule has 0 aliphatic heterocycles. The molecule has 0 aromatic heterocycles. The molecule has 1 atom stereocenters. The highest BCUT2D eigenvalue weighted by atomic mass is 35.5. The zero-order valence-electron chi connectivity index (χ0n) is 11.6. The molecule has 0 heterocycles. The number of hydrogen-bond donors (Lipinski definition) is 1. The van der Waals surface area contributed by atoms with Crippen LogP contribution in [-0.2, 0) is 0 Å². The van der Waals surface area contributed by atoms with Crippen molar-refractivity contribution in [3.8, 4) is 0 Å². The lowest BCUT2D eigenvalue weighted by Crippen LogP contribution is -2.19. The molecule has 2 rings (SSSR count). The SMILES string of the molecule is CNC(c1cc(C)c(Cl)cc1C)c1cccc(F)c1Cl. The predicted octanol–water partition coefficient (Wildman–Crippen LogP) is 5.06. The molecule has 4 heteroatoms. The van der Waals surface area contributed by atoms with Crippen LogP contribution in [0.3, 0.4) is 0 Å². The number of benzene rings is 2. The highest BCUT2D eigenvalue weighted by Crippen LogP contribution is 2.33. The fraction of sp³-hybridized carbons (Fsp3) is 0.250. The molecule has 0 aliphatic rings. The van der Waals surface area contributed by atoms with E-state index < -0.39 is 5.82 Å². The minimum Gasteiger partial charge on any atom is -0.309 e. The monoisotopic (exact) mass is 311 g/mol. The maximum atomic E-state index is 13.7. The van der Waals surface area contributed by atoms with Gasteiger partial charge in [-0.3, -0.25) is 0 Å². The van der Waals surface area contributed by atoms with Gasteiger partial charge in [-0.25, -0.2) is 4.39 Å². The summed E-state index contributed by atoms with van der Waals surface area (Å²) in [4.78, 5) is 0. The van der Waals surface area contributed by atoms with Crippen LogP contribution in [-0.4, -0.2) is 7.05 Å². The molecule has 0 fully saturated rings. The van der Waals surface area contributed by atoms with Crippen molar-refractivity contribution in [1.29, 1.82) is 0 Å². The van der Waals surface area contributed by atoms with Gasteiger partial charge >= 0.3 is 0 Å². The largest absolute Gasteiger partial charge is 0.309 e. The van der Waals surface area contributed by atoms with Gasteiger partial charge in [0.2, 0.25) is 0 Å². The second-order valence-corrected chi connectivity index (χ2v) is 5.61. The van der Waals surface area contributed by atoms with Crippen LogP contribution in [0.15, 0.2) is 30.3 Å². The van der Waals surface area contributed by atoms with E-state index in [0.717, 1.165) is 27.3 Å². The number of hydrogen-bond acceptors (Lipinski definition) is 1. The number of aryl methyl sites for hydroxylation is 2. The molecule has 0 saturated heterocycles. The molecule has 0 spiro atoms. The predicted molar refractivity (Wildman–Crippen MR) is 83.2 cm³/mol. The standard InChI is InChI=1S/C16H16Cl2FN/c1-9-8-13(17)10(2)7-12(9)16(20-3)11-5-4-6-14(19)15(11)18/h4-8,16,20H,1-3H3. The lowest BCUT2D eigenvalue weighted by Gasteiger charge is -2.21. The molecule has 0 aliphatic carbocycles. The van der Waals surface area contributed by atoms with Crippen LogP contribution in [0.2, 0.25) is 10.0 Å². The van der Waals surface area contributed by atoms with E-state index in [1.807, 2.05) is 39.1 Å². The number of halogens is 3. The summed E-state index contributed by atoms with van der Waals surface area (Å²) in [6.07, 6.45) is 0. The maximum Gasteiger partial charge on any atom is 0.142 e. The fourth-order valence-corrected chi connectivity index (χ4v) is 2.79. The quantitative estimate of drug-likeness (QED) is 0.835. The summed E-state index contributed by atoms with van der Waals surface area (Å²) in [5, 5.41) is 4.08. The van der Waals surface area contributed by atoms with Crippen molar-refractivity contribution in [2.75, 3.05) is 7.05 Å². The summed E-state index contributed by atoms with van der Waals surface area (Å²) in [6.45, 7) is 3.93. The lowest BCUT2D eigenvalue weighted by molar-refractivity contribution is 0.617. The third kappa shape index (κ3) is 2.83. The summed E-state index contributed by atoms with van der Waals surface area (Å²) < 4.78 is 13.7. The molecule has 2 aromatic carbocycles. The molecule has 0 radical (unpaired) electrons. The second kappa shape index (κ2) is 6.13. The Labute approximate surface area is 128 Å². The normalized spacial score (nSPS) is 12.5. The van der Waals surface area contributed by atoms with E-state index >= 15 is 0 Å². The van der Waals surface area contributed by atoms with Crippen LogP contribution >= 0.6 is 23.2 Å². The van der Waals surface area contributed by atoms with Crippen molar-refractivity contribution in [3.63, 3.8) is 0 Å². The Hall–Kier alpha value is -1.09. The molecular formula is C16H16Cl2FN. The van der Waals surface area contributed by atoms with Crippen LogP contribution in [0.5, 0.6) is 0 Å². The first-order chi connectivity index (χ1) is 9.45. The van der Waals surface area contributed by atoms with Gasteiger partial charge in [-0.1, -0.05) is 41.4 Å². The van der Waals surface area contributed by atoms with Gasteiger partial charge in [0.15, 0.2) is 0 Å². The minimum atomic E-state index is -0.409. The van der Waals surface area contributed by atoms with Crippen molar-refractivity contribution >= 4 is 23.2 Å². The van der Waals surface area contributed by atoms with Crippen LogP contribution in [0.25, 0.3) is 0 Å². The highest BCUT2D eigenvalue weighted by Gasteiger charge is 2.19. The average Bonchev–Trinajstić information content (AvgIpc) is 2.41. The third-order valence-corrected chi connectivity index (χ3v) is 4.25. The van der Waals surface area contributed by atoms with Crippen molar-refractivity contribution in [1.82, 2.24) is 5.32 Å². The van der Waals surface area contributed by atoms with E-state index in [1.165, 1.54) is 6.07 Å². The minimum absolute atomic E-state index is 0.152. The summed E-state index contributed by atoms with van der Waals surface area (Å²) in [7, 11) is 1.83. The second-order valence-electron chi connectivity index (χ2n) is 4.82.